The van der Waals surface area contributed by atoms with Crippen molar-refractivity contribution in [3.63, 3.8) is 0 Å². The van der Waals surface area contributed by atoms with Crippen molar-refractivity contribution in [2.75, 3.05) is 20.8 Å². The standard InChI is InChI=1S/C37H31BrN2O6S/c1-4-45-36(42)32-33(25-8-6-5-7-9-25)39-37-40(34(32)26-13-17-28(43-2)18-14-26)35(41)31(47-37)21-24-12-19-29(30(20-24)44-3)46-22-23-10-15-27(38)16-11-23/h5-21,34H,4,22H2,1-3H3/b31-21-/t34-/m0/s1. The van der Waals surface area contributed by atoms with E-state index in [1.54, 1.807) is 31.8 Å². The van der Waals surface area contributed by atoms with E-state index in [9.17, 15) is 9.59 Å². The molecule has 0 fully saturated rings. The van der Waals surface area contributed by atoms with Crippen LogP contribution in [0.2, 0.25) is 0 Å². The van der Waals surface area contributed by atoms with Gasteiger partial charge in [-0.2, -0.15) is 0 Å². The Hall–Kier alpha value is -4.93. The van der Waals surface area contributed by atoms with Crippen molar-refractivity contribution >= 4 is 45.0 Å². The lowest BCUT2D eigenvalue weighted by atomic mass is 9.93. The summed E-state index contributed by atoms with van der Waals surface area (Å²) >= 11 is 4.71. The summed E-state index contributed by atoms with van der Waals surface area (Å²) in [4.78, 5) is 33.3. The Balaban J connectivity index is 1.46. The molecule has 2 heterocycles. The van der Waals surface area contributed by atoms with Crippen LogP contribution in [0.25, 0.3) is 11.8 Å². The van der Waals surface area contributed by atoms with Crippen LogP contribution < -0.4 is 29.1 Å². The fourth-order valence-electron chi connectivity index (χ4n) is 5.33. The molecule has 6 rings (SSSR count). The fraction of sp³-hybridized carbons (Fsp3) is 0.162. The fourth-order valence-corrected chi connectivity index (χ4v) is 6.59. The van der Waals surface area contributed by atoms with E-state index in [-0.39, 0.29) is 17.7 Å². The maximum Gasteiger partial charge on any atom is 0.338 e. The first-order chi connectivity index (χ1) is 22.9. The molecule has 1 aliphatic heterocycles. The second kappa shape index (κ2) is 14.2. The highest BCUT2D eigenvalue weighted by molar-refractivity contribution is 9.10. The molecule has 1 atom stereocenters. The highest BCUT2D eigenvalue weighted by Crippen LogP contribution is 2.36. The Labute approximate surface area is 284 Å². The third-order valence-corrected chi connectivity index (χ3v) is 9.11. The predicted octanol–water partition coefficient (Wildman–Crippen LogP) is 6.29. The number of esters is 1. The molecule has 1 aromatic heterocycles. The molecule has 0 bridgehead atoms. The molecule has 238 valence electrons. The quantitative estimate of drug-likeness (QED) is 0.158. The monoisotopic (exact) mass is 710 g/mol. The molecule has 1 aliphatic rings. The highest BCUT2D eigenvalue weighted by atomic mass is 79.9. The van der Waals surface area contributed by atoms with Crippen LogP contribution in [0.3, 0.4) is 0 Å². The molecule has 5 aromatic rings. The lowest BCUT2D eigenvalue weighted by Gasteiger charge is -2.26. The smallest absolute Gasteiger partial charge is 0.338 e. The topological polar surface area (TPSA) is 88.4 Å². The van der Waals surface area contributed by atoms with E-state index in [0.717, 1.165) is 26.7 Å². The molecule has 0 radical (unpaired) electrons. The van der Waals surface area contributed by atoms with Crippen molar-refractivity contribution < 1.29 is 23.7 Å². The number of hydrogen-bond acceptors (Lipinski definition) is 8. The lowest BCUT2D eigenvalue weighted by molar-refractivity contribution is -0.138. The van der Waals surface area contributed by atoms with Gasteiger partial charge in [-0.15, -0.1) is 0 Å². The van der Waals surface area contributed by atoms with Crippen LogP contribution in [0.4, 0.5) is 0 Å². The van der Waals surface area contributed by atoms with Gasteiger partial charge in [-0.3, -0.25) is 9.36 Å². The number of rotatable bonds is 10. The van der Waals surface area contributed by atoms with Gasteiger partial charge < -0.3 is 18.9 Å². The lowest BCUT2D eigenvalue weighted by Crippen LogP contribution is -2.40. The van der Waals surface area contributed by atoms with E-state index < -0.39 is 12.0 Å². The summed E-state index contributed by atoms with van der Waals surface area (Å²) in [5, 5.41) is 0. The van der Waals surface area contributed by atoms with Crippen molar-refractivity contribution in [1.82, 2.24) is 4.57 Å². The second-order valence-corrected chi connectivity index (χ2v) is 12.5. The van der Waals surface area contributed by atoms with E-state index in [4.69, 9.17) is 23.9 Å². The number of nitrogens with zero attached hydrogens (tertiary/aromatic N) is 2. The first kappa shape index (κ1) is 32.0. The van der Waals surface area contributed by atoms with Crippen molar-refractivity contribution in [3.05, 3.63) is 149 Å². The summed E-state index contributed by atoms with van der Waals surface area (Å²) in [6.45, 7) is 2.30. The molecule has 10 heteroatoms. The molecular weight excluding hydrogens is 680 g/mol. The van der Waals surface area contributed by atoms with Gasteiger partial charge in [0.15, 0.2) is 16.3 Å². The summed E-state index contributed by atoms with van der Waals surface area (Å²) < 4.78 is 25.6. The van der Waals surface area contributed by atoms with Gasteiger partial charge in [0.1, 0.15) is 12.4 Å². The molecule has 0 saturated heterocycles. The minimum atomic E-state index is -0.780. The van der Waals surface area contributed by atoms with E-state index >= 15 is 0 Å². The van der Waals surface area contributed by atoms with Crippen LogP contribution in [0, 0.1) is 0 Å². The first-order valence-corrected chi connectivity index (χ1v) is 16.5. The number of benzene rings is 4. The molecule has 0 spiro atoms. The molecule has 0 amide bonds. The number of ether oxygens (including phenoxy) is 4. The summed E-state index contributed by atoms with van der Waals surface area (Å²) in [7, 11) is 3.17. The summed E-state index contributed by atoms with van der Waals surface area (Å²) in [6.07, 6.45) is 1.80. The number of fused-ring (bicyclic) bond motifs is 1. The minimum absolute atomic E-state index is 0.175. The van der Waals surface area contributed by atoms with Crippen LogP contribution in [-0.2, 0) is 16.1 Å². The average molecular weight is 712 g/mol. The molecule has 4 aromatic carbocycles. The van der Waals surface area contributed by atoms with Crippen molar-refractivity contribution in [2.45, 2.75) is 19.6 Å². The average Bonchev–Trinajstić information content (AvgIpc) is 3.41. The highest BCUT2D eigenvalue weighted by Gasteiger charge is 2.35. The third kappa shape index (κ3) is 6.79. The van der Waals surface area contributed by atoms with Gasteiger partial charge in [-0.1, -0.05) is 87.9 Å². The molecule has 0 saturated carbocycles. The summed E-state index contributed by atoms with van der Waals surface area (Å²) in [5.74, 6) is 1.24. The number of hydrogen-bond donors (Lipinski definition) is 0. The Morgan fingerprint density at radius 3 is 2.36 bits per heavy atom. The Morgan fingerprint density at radius 2 is 1.68 bits per heavy atom. The number of thiazole rings is 1. The summed E-state index contributed by atoms with van der Waals surface area (Å²) in [5.41, 5.74) is 3.70. The number of methoxy groups -OCH3 is 2. The molecule has 0 unspecified atom stereocenters. The van der Waals surface area contributed by atoms with E-state index in [1.807, 2.05) is 97.1 Å². The summed E-state index contributed by atoms with van der Waals surface area (Å²) in [6, 6.07) is 29.4. The van der Waals surface area contributed by atoms with Crippen LogP contribution in [0.5, 0.6) is 17.2 Å². The molecule has 47 heavy (non-hydrogen) atoms. The zero-order chi connectivity index (χ0) is 32.9. The van der Waals surface area contributed by atoms with E-state index in [2.05, 4.69) is 15.9 Å². The van der Waals surface area contributed by atoms with Crippen LogP contribution in [0.15, 0.2) is 117 Å². The van der Waals surface area contributed by atoms with Gasteiger partial charge in [-0.25, -0.2) is 9.79 Å². The Bertz CT molecular complexity index is 2120. The molecular formula is C37H31BrN2O6S. The number of halogens is 1. The van der Waals surface area contributed by atoms with Gasteiger partial charge in [0.25, 0.3) is 5.56 Å². The van der Waals surface area contributed by atoms with Crippen LogP contribution in [0.1, 0.15) is 35.2 Å². The molecule has 0 N–H and O–H groups in total. The minimum Gasteiger partial charge on any atom is -0.497 e. The number of carbonyl (C=O) groups is 1. The predicted molar refractivity (Wildman–Crippen MR) is 186 cm³/mol. The molecule has 0 aliphatic carbocycles. The van der Waals surface area contributed by atoms with Gasteiger partial charge in [0.2, 0.25) is 0 Å². The van der Waals surface area contributed by atoms with Crippen molar-refractivity contribution in [1.29, 1.82) is 0 Å². The van der Waals surface area contributed by atoms with E-state index in [1.165, 1.54) is 11.3 Å². The largest absolute Gasteiger partial charge is 0.497 e. The number of aromatic nitrogens is 1. The zero-order valence-electron chi connectivity index (χ0n) is 25.9. The second-order valence-electron chi connectivity index (χ2n) is 10.5. The van der Waals surface area contributed by atoms with E-state index in [0.29, 0.717) is 38.9 Å². The molecule has 8 nitrogen and oxygen atoms in total. The Kier molecular flexibility index (Phi) is 9.70. The van der Waals surface area contributed by atoms with Gasteiger partial charge in [0, 0.05) is 10.0 Å². The SMILES string of the molecule is CCOC(=O)C1=C(c2ccccc2)N=c2s/c(=C\c3ccc(OCc4ccc(Br)cc4)c(OC)c3)c(=O)n2[C@H]1c1ccc(OC)cc1. The van der Waals surface area contributed by atoms with Gasteiger partial charge in [-0.05, 0) is 66.1 Å². The van der Waals surface area contributed by atoms with Crippen molar-refractivity contribution in [2.24, 2.45) is 4.99 Å². The third-order valence-electron chi connectivity index (χ3n) is 7.60. The first-order valence-electron chi connectivity index (χ1n) is 14.9. The van der Waals surface area contributed by atoms with Gasteiger partial charge >= 0.3 is 5.97 Å². The van der Waals surface area contributed by atoms with Crippen LogP contribution in [-0.4, -0.2) is 31.4 Å². The number of carbonyl (C=O) groups excluding carboxylic acids is 1. The maximum atomic E-state index is 14.2. The van der Waals surface area contributed by atoms with Crippen molar-refractivity contribution in [3.8, 4) is 17.2 Å². The zero-order valence-corrected chi connectivity index (χ0v) is 28.3. The van der Waals surface area contributed by atoms with Gasteiger partial charge in [0.05, 0.1) is 42.7 Å². The Morgan fingerprint density at radius 1 is 0.936 bits per heavy atom. The normalized spacial score (nSPS) is 14.3. The maximum absolute atomic E-state index is 14.2. The van der Waals surface area contributed by atoms with Crippen LogP contribution >= 0.6 is 27.3 Å².